The molecule has 3 atom stereocenters. The lowest BCUT2D eigenvalue weighted by atomic mass is 9.68. The van der Waals surface area contributed by atoms with Crippen LogP contribution in [0.3, 0.4) is 0 Å². The summed E-state index contributed by atoms with van der Waals surface area (Å²) in [5, 5.41) is 8.57. The highest BCUT2D eigenvalue weighted by Crippen LogP contribution is 2.50. The number of nitrogens with one attached hydrogen (secondary N) is 1. The highest BCUT2D eigenvalue weighted by atomic mass is 16.5. The van der Waals surface area contributed by atoms with Crippen LogP contribution in [0.2, 0.25) is 0 Å². The molecule has 2 aromatic rings. The second-order valence-electron chi connectivity index (χ2n) is 11.2. The smallest absolute Gasteiger partial charge is 0.0691 e. The van der Waals surface area contributed by atoms with Gasteiger partial charge in [0.05, 0.1) is 23.4 Å². The minimum atomic E-state index is 0.0824. The van der Waals surface area contributed by atoms with E-state index in [0.29, 0.717) is 12.1 Å². The van der Waals surface area contributed by atoms with Crippen molar-refractivity contribution in [3.63, 3.8) is 0 Å². The second kappa shape index (κ2) is 8.00. The lowest BCUT2D eigenvalue weighted by Crippen LogP contribution is -2.47. The van der Waals surface area contributed by atoms with Crippen molar-refractivity contribution in [2.24, 2.45) is 5.41 Å². The summed E-state index contributed by atoms with van der Waals surface area (Å²) in [5.74, 6) is 0. The van der Waals surface area contributed by atoms with Gasteiger partial charge in [-0.3, -0.25) is 9.67 Å². The van der Waals surface area contributed by atoms with E-state index in [1.807, 2.05) is 18.5 Å². The molecule has 1 N–H and O–H groups in total. The Morgan fingerprint density at radius 2 is 1.97 bits per heavy atom. The van der Waals surface area contributed by atoms with Crippen molar-refractivity contribution in [1.29, 1.82) is 0 Å². The molecule has 5 heteroatoms. The molecule has 3 aliphatic rings. The molecule has 0 unspecified atom stereocenters. The van der Waals surface area contributed by atoms with Crippen LogP contribution in [0.5, 0.6) is 0 Å². The standard InChI is InChI=1S/C26H38N4O/c1-24(2,3)23-18-20(21-9-15-29-30(21)23)27-16-12-25(22-8-4-7-14-28-22)13-17-31-26(19-25)10-5-6-11-26/h4,7-9,14-15,20,23,27H,5-6,10-13,16-19H2,1-3H3/t20-,23-,25+/m0/s1. The van der Waals surface area contributed by atoms with Gasteiger partial charge in [-0.2, -0.15) is 5.10 Å². The molecule has 1 spiro atoms. The molecule has 168 valence electrons. The molecule has 0 bridgehead atoms. The third kappa shape index (κ3) is 3.95. The molecule has 2 aliphatic heterocycles. The zero-order valence-electron chi connectivity index (χ0n) is 19.4. The van der Waals surface area contributed by atoms with Gasteiger partial charge in [-0.1, -0.05) is 39.7 Å². The fourth-order valence-corrected chi connectivity index (χ4v) is 6.49. The minimum absolute atomic E-state index is 0.0824. The Balaban J connectivity index is 1.32. The molecule has 2 fully saturated rings. The monoisotopic (exact) mass is 422 g/mol. The summed E-state index contributed by atoms with van der Waals surface area (Å²) in [6.45, 7) is 8.83. The Hall–Kier alpha value is -1.72. The van der Waals surface area contributed by atoms with Crippen molar-refractivity contribution >= 4 is 0 Å². The second-order valence-corrected chi connectivity index (χ2v) is 11.2. The molecule has 4 heterocycles. The lowest BCUT2D eigenvalue weighted by molar-refractivity contribution is -0.104. The predicted octanol–water partition coefficient (Wildman–Crippen LogP) is 5.35. The van der Waals surface area contributed by atoms with Crippen LogP contribution in [0.25, 0.3) is 0 Å². The highest BCUT2D eigenvalue weighted by molar-refractivity contribution is 5.21. The molecule has 31 heavy (non-hydrogen) atoms. The summed E-state index contributed by atoms with van der Waals surface area (Å²) >= 11 is 0. The molecular formula is C26H38N4O. The fraction of sp³-hybridized carbons (Fsp3) is 0.692. The molecular weight excluding hydrogens is 384 g/mol. The Morgan fingerprint density at radius 3 is 2.71 bits per heavy atom. The molecule has 1 saturated heterocycles. The van der Waals surface area contributed by atoms with E-state index in [1.165, 1.54) is 37.1 Å². The largest absolute Gasteiger partial charge is 0.375 e. The van der Waals surface area contributed by atoms with Gasteiger partial charge in [0.2, 0.25) is 0 Å². The van der Waals surface area contributed by atoms with Gasteiger partial charge in [0.1, 0.15) is 0 Å². The van der Waals surface area contributed by atoms with E-state index in [9.17, 15) is 0 Å². The normalized spacial score (nSPS) is 30.0. The lowest BCUT2D eigenvalue weighted by Gasteiger charge is -2.46. The van der Waals surface area contributed by atoms with Crippen molar-refractivity contribution < 1.29 is 4.74 Å². The van der Waals surface area contributed by atoms with Crippen molar-refractivity contribution in [3.05, 3.63) is 48.0 Å². The van der Waals surface area contributed by atoms with E-state index in [-0.39, 0.29) is 16.4 Å². The first kappa shape index (κ1) is 21.1. The Kier molecular flexibility index (Phi) is 5.46. The quantitative estimate of drug-likeness (QED) is 0.706. The maximum Gasteiger partial charge on any atom is 0.0691 e. The van der Waals surface area contributed by atoms with Crippen LogP contribution in [0.4, 0.5) is 0 Å². The number of rotatable bonds is 5. The van der Waals surface area contributed by atoms with Crippen molar-refractivity contribution in [2.45, 2.75) is 95.2 Å². The minimum Gasteiger partial charge on any atom is -0.375 e. The number of nitrogens with zero attached hydrogens (tertiary/aromatic N) is 3. The van der Waals surface area contributed by atoms with Crippen LogP contribution in [0, 0.1) is 5.41 Å². The van der Waals surface area contributed by atoms with Crippen molar-refractivity contribution in [3.8, 4) is 0 Å². The average Bonchev–Trinajstić information content (AvgIpc) is 3.47. The number of fused-ring (bicyclic) bond motifs is 1. The van der Waals surface area contributed by atoms with E-state index >= 15 is 0 Å². The maximum absolute atomic E-state index is 6.41. The zero-order valence-corrected chi connectivity index (χ0v) is 19.4. The number of pyridine rings is 1. The molecule has 0 aromatic carbocycles. The van der Waals surface area contributed by atoms with Crippen LogP contribution in [-0.4, -0.2) is 33.5 Å². The van der Waals surface area contributed by atoms with E-state index in [0.717, 1.165) is 38.8 Å². The van der Waals surface area contributed by atoms with Gasteiger partial charge in [0, 0.05) is 30.1 Å². The topological polar surface area (TPSA) is 52.0 Å². The first-order valence-corrected chi connectivity index (χ1v) is 12.2. The molecule has 1 saturated carbocycles. The SMILES string of the molecule is CC(C)(C)[C@@H]1C[C@H](NCC[C@@]2(c3ccccn3)CCOC3(CCCC3)C2)c2ccnn21. The van der Waals surface area contributed by atoms with Gasteiger partial charge >= 0.3 is 0 Å². The third-order valence-corrected chi connectivity index (χ3v) is 8.18. The summed E-state index contributed by atoms with van der Waals surface area (Å²) in [6.07, 6.45) is 13.4. The van der Waals surface area contributed by atoms with Gasteiger partial charge in [0.15, 0.2) is 0 Å². The van der Waals surface area contributed by atoms with E-state index in [2.05, 4.69) is 54.1 Å². The van der Waals surface area contributed by atoms with Crippen LogP contribution in [0.1, 0.15) is 95.6 Å². The highest BCUT2D eigenvalue weighted by Gasteiger charge is 2.48. The van der Waals surface area contributed by atoms with Crippen LogP contribution in [-0.2, 0) is 10.2 Å². The first-order chi connectivity index (χ1) is 14.9. The van der Waals surface area contributed by atoms with Crippen LogP contribution in [0.15, 0.2) is 36.7 Å². The molecule has 1 aliphatic carbocycles. The van der Waals surface area contributed by atoms with Gasteiger partial charge in [-0.15, -0.1) is 0 Å². The van der Waals surface area contributed by atoms with Crippen LogP contribution < -0.4 is 5.32 Å². The summed E-state index contributed by atoms with van der Waals surface area (Å²) in [5.41, 5.74) is 3.00. The molecule has 5 nitrogen and oxygen atoms in total. The Bertz CT molecular complexity index is 880. The summed E-state index contributed by atoms with van der Waals surface area (Å²) in [6, 6.07) is 9.45. The number of hydrogen-bond acceptors (Lipinski definition) is 4. The van der Waals surface area contributed by atoms with E-state index in [1.54, 1.807) is 0 Å². The number of ether oxygens (including phenoxy) is 1. The predicted molar refractivity (Wildman–Crippen MR) is 123 cm³/mol. The Labute approximate surface area is 187 Å². The maximum atomic E-state index is 6.41. The van der Waals surface area contributed by atoms with Gasteiger partial charge in [-0.25, -0.2) is 0 Å². The number of aromatic nitrogens is 3. The molecule has 2 aromatic heterocycles. The molecule has 0 amide bonds. The van der Waals surface area contributed by atoms with Gasteiger partial charge in [-0.05, 0) is 68.7 Å². The van der Waals surface area contributed by atoms with Gasteiger partial charge in [0.25, 0.3) is 0 Å². The zero-order chi connectivity index (χ0) is 21.5. The summed E-state index contributed by atoms with van der Waals surface area (Å²) < 4.78 is 8.67. The van der Waals surface area contributed by atoms with Crippen molar-refractivity contribution in [2.75, 3.05) is 13.2 Å². The van der Waals surface area contributed by atoms with E-state index in [4.69, 9.17) is 9.72 Å². The summed E-state index contributed by atoms with van der Waals surface area (Å²) in [4.78, 5) is 4.85. The average molecular weight is 423 g/mol. The van der Waals surface area contributed by atoms with Crippen molar-refractivity contribution in [1.82, 2.24) is 20.1 Å². The molecule has 0 radical (unpaired) electrons. The molecule has 5 rings (SSSR count). The van der Waals surface area contributed by atoms with E-state index < -0.39 is 0 Å². The number of hydrogen-bond donors (Lipinski definition) is 1. The van der Waals surface area contributed by atoms with Crippen LogP contribution >= 0.6 is 0 Å². The summed E-state index contributed by atoms with van der Waals surface area (Å²) in [7, 11) is 0. The Morgan fingerprint density at radius 1 is 1.13 bits per heavy atom. The first-order valence-electron chi connectivity index (χ1n) is 12.2. The third-order valence-electron chi connectivity index (χ3n) is 8.18. The fourth-order valence-electron chi connectivity index (χ4n) is 6.49. The van der Waals surface area contributed by atoms with Gasteiger partial charge < -0.3 is 10.1 Å².